The van der Waals surface area contributed by atoms with Crippen LogP contribution < -0.4 is 5.32 Å². The van der Waals surface area contributed by atoms with Gasteiger partial charge in [-0.1, -0.05) is 25.6 Å². The van der Waals surface area contributed by atoms with Crippen LogP contribution in [0.1, 0.15) is 45.6 Å². The Kier molecular flexibility index (Phi) is 4.45. The highest BCUT2D eigenvalue weighted by Crippen LogP contribution is 2.44. The van der Waals surface area contributed by atoms with Gasteiger partial charge in [-0.2, -0.15) is 5.26 Å². The van der Waals surface area contributed by atoms with Crippen molar-refractivity contribution in [2.45, 2.75) is 56.8 Å². The smallest absolute Gasteiger partial charge is 0.189 e. The van der Waals surface area contributed by atoms with E-state index in [9.17, 15) is 10.4 Å². The lowest BCUT2D eigenvalue weighted by Crippen LogP contribution is -2.49. The first-order valence-electron chi connectivity index (χ1n) is 7.09. The van der Waals surface area contributed by atoms with Crippen LogP contribution >= 0.6 is 11.8 Å². The van der Waals surface area contributed by atoms with Crippen LogP contribution in [0, 0.1) is 16.7 Å². The van der Waals surface area contributed by atoms with E-state index in [1.54, 1.807) is 6.20 Å². The van der Waals surface area contributed by atoms with Crippen molar-refractivity contribution in [3.8, 4) is 6.07 Å². The van der Waals surface area contributed by atoms with E-state index in [0.29, 0.717) is 16.5 Å². The van der Waals surface area contributed by atoms with Crippen LogP contribution in [-0.4, -0.2) is 33.0 Å². The summed E-state index contributed by atoms with van der Waals surface area (Å²) in [6.45, 7) is 6.07. The van der Waals surface area contributed by atoms with Gasteiger partial charge in [0.25, 0.3) is 0 Å². The van der Waals surface area contributed by atoms with E-state index in [2.05, 4.69) is 35.2 Å². The molecular formula is C15H22N4OS. The second-order valence-corrected chi connectivity index (χ2v) is 7.25. The lowest BCUT2D eigenvalue weighted by molar-refractivity contribution is -0.0840. The Morgan fingerprint density at radius 1 is 1.48 bits per heavy atom. The quantitative estimate of drug-likeness (QED) is 0.660. The molecular weight excluding hydrogens is 284 g/mol. The minimum Gasteiger partial charge on any atom is -0.390 e. The average molecular weight is 306 g/mol. The zero-order valence-electron chi connectivity index (χ0n) is 13.0. The number of rotatable bonds is 3. The molecule has 1 heterocycles. The predicted molar refractivity (Wildman–Crippen MR) is 84.2 cm³/mol. The molecule has 0 radical (unpaired) electrons. The van der Waals surface area contributed by atoms with Gasteiger partial charge in [0.1, 0.15) is 17.5 Å². The monoisotopic (exact) mass is 306 g/mol. The van der Waals surface area contributed by atoms with E-state index in [1.165, 1.54) is 11.8 Å². The fourth-order valence-electron chi connectivity index (χ4n) is 2.70. The first-order chi connectivity index (χ1) is 9.79. The van der Waals surface area contributed by atoms with Gasteiger partial charge in [-0.3, -0.25) is 0 Å². The molecule has 2 rings (SSSR count). The van der Waals surface area contributed by atoms with E-state index in [0.717, 1.165) is 19.3 Å². The molecule has 6 heteroatoms. The number of aromatic nitrogens is 2. The van der Waals surface area contributed by atoms with Crippen molar-refractivity contribution in [3.63, 3.8) is 0 Å². The summed E-state index contributed by atoms with van der Waals surface area (Å²) in [4.78, 5) is 8.52. The summed E-state index contributed by atoms with van der Waals surface area (Å²) in [6, 6.07) is 2.33. The van der Waals surface area contributed by atoms with Crippen LogP contribution in [-0.2, 0) is 0 Å². The maximum absolute atomic E-state index is 10.5. The Bertz CT molecular complexity index is 565. The van der Waals surface area contributed by atoms with Gasteiger partial charge in [0.05, 0.1) is 11.8 Å². The van der Waals surface area contributed by atoms with Gasteiger partial charge >= 0.3 is 0 Å². The third-order valence-corrected chi connectivity index (χ3v) is 5.17. The molecule has 2 atom stereocenters. The number of nitrogens with one attached hydrogen (secondary N) is 1. The highest BCUT2D eigenvalue weighted by Gasteiger charge is 2.44. The largest absolute Gasteiger partial charge is 0.390 e. The van der Waals surface area contributed by atoms with Crippen molar-refractivity contribution < 1.29 is 5.11 Å². The topological polar surface area (TPSA) is 81.8 Å². The molecule has 114 valence electrons. The molecule has 1 aromatic rings. The van der Waals surface area contributed by atoms with Crippen LogP contribution in [0.2, 0.25) is 0 Å². The van der Waals surface area contributed by atoms with Crippen molar-refractivity contribution in [2.75, 3.05) is 11.6 Å². The summed E-state index contributed by atoms with van der Waals surface area (Å²) in [5.74, 6) is 0.596. The Balaban J connectivity index is 2.18. The molecule has 21 heavy (non-hydrogen) atoms. The highest BCUT2D eigenvalue weighted by molar-refractivity contribution is 7.98. The summed E-state index contributed by atoms with van der Waals surface area (Å²) < 4.78 is 0. The lowest BCUT2D eigenvalue weighted by atomic mass is 9.65. The van der Waals surface area contributed by atoms with Gasteiger partial charge in [-0.05, 0) is 37.9 Å². The van der Waals surface area contributed by atoms with Crippen LogP contribution in [0.15, 0.2) is 11.4 Å². The zero-order valence-corrected chi connectivity index (χ0v) is 13.8. The number of aliphatic hydroxyl groups is 1. The van der Waals surface area contributed by atoms with Gasteiger partial charge in [-0.15, -0.1) is 0 Å². The summed E-state index contributed by atoms with van der Waals surface area (Å²) in [5, 5.41) is 23.7. The van der Waals surface area contributed by atoms with Crippen LogP contribution in [0.25, 0.3) is 0 Å². The number of anilines is 1. The number of thioether (sulfide) groups is 1. The van der Waals surface area contributed by atoms with E-state index in [-0.39, 0.29) is 11.5 Å². The molecule has 0 bridgehead atoms. The normalized spacial score (nSPS) is 27.9. The van der Waals surface area contributed by atoms with Gasteiger partial charge in [-0.25, -0.2) is 9.97 Å². The molecule has 1 aromatic heterocycles. The van der Waals surface area contributed by atoms with Crippen LogP contribution in [0.5, 0.6) is 0 Å². The molecule has 0 saturated heterocycles. The Hall–Kier alpha value is -1.32. The van der Waals surface area contributed by atoms with Crippen molar-refractivity contribution in [3.05, 3.63) is 11.8 Å². The van der Waals surface area contributed by atoms with Gasteiger partial charge in [0.15, 0.2) is 5.16 Å². The lowest BCUT2D eigenvalue weighted by Gasteiger charge is -2.47. The highest BCUT2D eigenvalue weighted by atomic mass is 32.2. The zero-order chi connectivity index (χ0) is 15.7. The van der Waals surface area contributed by atoms with Crippen molar-refractivity contribution >= 4 is 17.6 Å². The average Bonchev–Trinajstić information content (AvgIpc) is 2.43. The minimum absolute atomic E-state index is 0.176. The van der Waals surface area contributed by atoms with Crippen LogP contribution in [0.3, 0.4) is 0 Å². The number of hydrogen-bond donors (Lipinski definition) is 2. The Morgan fingerprint density at radius 2 is 2.19 bits per heavy atom. The fraction of sp³-hybridized carbons (Fsp3) is 0.667. The summed E-state index contributed by atoms with van der Waals surface area (Å²) in [5.41, 5.74) is -0.368. The Labute approximate surface area is 130 Å². The third-order valence-electron chi connectivity index (χ3n) is 4.60. The van der Waals surface area contributed by atoms with E-state index < -0.39 is 5.60 Å². The first-order valence-corrected chi connectivity index (χ1v) is 8.31. The van der Waals surface area contributed by atoms with Crippen molar-refractivity contribution in [1.82, 2.24) is 9.97 Å². The SMILES string of the molecule is CSc1ncc(C#N)c(N[C@@H]2CC[C@@](C)(O)C(C)(C)C2)n1. The number of hydrogen-bond acceptors (Lipinski definition) is 6. The molecule has 1 aliphatic carbocycles. The molecule has 1 saturated carbocycles. The summed E-state index contributed by atoms with van der Waals surface area (Å²) in [6.07, 6.45) is 5.90. The van der Waals surface area contributed by atoms with E-state index in [4.69, 9.17) is 0 Å². The maximum Gasteiger partial charge on any atom is 0.189 e. The predicted octanol–water partition coefficient (Wildman–Crippen LogP) is 2.81. The number of nitriles is 1. The molecule has 0 aliphatic heterocycles. The molecule has 1 fully saturated rings. The molecule has 1 aliphatic rings. The molecule has 0 unspecified atom stereocenters. The van der Waals surface area contributed by atoms with Crippen molar-refractivity contribution in [2.24, 2.45) is 5.41 Å². The number of nitrogens with zero attached hydrogens (tertiary/aromatic N) is 3. The molecule has 2 N–H and O–H groups in total. The standard InChI is InChI=1S/C15H22N4OS/c1-14(2)7-11(5-6-15(14,3)20)18-12-10(8-16)9-17-13(19-12)21-4/h9,11,20H,5-7H2,1-4H3,(H,17,18,19)/t11-,15-/m1/s1. The molecule has 0 aromatic carbocycles. The van der Waals surface area contributed by atoms with Crippen molar-refractivity contribution in [1.29, 1.82) is 5.26 Å². The minimum atomic E-state index is -0.653. The van der Waals surface area contributed by atoms with Gasteiger partial charge in [0.2, 0.25) is 0 Å². The Morgan fingerprint density at radius 3 is 2.76 bits per heavy atom. The third kappa shape index (κ3) is 3.30. The summed E-state index contributed by atoms with van der Waals surface area (Å²) >= 11 is 1.45. The van der Waals surface area contributed by atoms with Gasteiger partial charge in [0, 0.05) is 6.04 Å². The fourth-order valence-corrected chi connectivity index (χ4v) is 3.04. The molecule has 0 spiro atoms. The maximum atomic E-state index is 10.5. The van der Waals surface area contributed by atoms with E-state index >= 15 is 0 Å². The second-order valence-electron chi connectivity index (χ2n) is 6.47. The van der Waals surface area contributed by atoms with Crippen LogP contribution in [0.4, 0.5) is 5.82 Å². The van der Waals surface area contributed by atoms with E-state index in [1.807, 2.05) is 13.2 Å². The molecule has 5 nitrogen and oxygen atoms in total. The van der Waals surface area contributed by atoms with Gasteiger partial charge < -0.3 is 10.4 Å². The second kappa shape index (κ2) is 5.82. The summed E-state index contributed by atoms with van der Waals surface area (Å²) in [7, 11) is 0. The first kappa shape index (κ1) is 16.1. The molecule has 0 amide bonds.